The second-order valence-corrected chi connectivity index (χ2v) is 6.57. The normalized spacial score (nSPS) is 21.8. The van der Waals surface area contributed by atoms with E-state index in [0.717, 1.165) is 4.90 Å². The molecule has 2 aliphatic rings. The molecule has 0 unspecified atom stereocenters. The molecule has 1 saturated heterocycles. The van der Waals surface area contributed by atoms with Gasteiger partial charge < -0.3 is 0 Å². The third-order valence-corrected chi connectivity index (χ3v) is 4.77. The van der Waals surface area contributed by atoms with Crippen LogP contribution in [0.15, 0.2) is 59.7 Å². The number of amides is 2. The number of hydrogen-bond acceptors (Lipinski definition) is 5. The lowest BCUT2D eigenvalue weighted by Gasteiger charge is -2.22. The zero-order valence-corrected chi connectivity index (χ0v) is 14.6. The Morgan fingerprint density at radius 2 is 1.62 bits per heavy atom. The van der Waals surface area contributed by atoms with E-state index in [1.54, 1.807) is 54.6 Å². The number of imide groups is 1. The maximum Gasteiger partial charge on any atom is 0.259 e. The van der Waals surface area contributed by atoms with Crippen LogP contribution in [0, 0.1) is 5.92 Å². The van der Waals surface area contributed by atoms with Gasteiger partial charge in [-0.15, -0.1) is 0 Å². The van der Waals surface area contributed by atoms with Crippen molar-refractivity contribution in [3.63, 3.8) is 0 Å². The molecule has 2 aromatic rings. The van der Waals surface area contributed by atoms with Crippen LogP contribution in [-0.4, -0.2) is 29.4 Å². The molecular weight excluding hydrogens is 354 g/mol. The van der Waals surface area contributed by atoms with Crippen LogP contribution in [0.1, 0.15) is 6.92 Å². The molecule has 0 aliphatic carbocycles. The number of benzene rings is 2. The minimum Gasteiger partial charge on any atom is -0.293 e. The molecule has 0 radical (unpaired) electrons. The zero-order valence-electron chi connectivity index (χ0n) is 13.8. The Balaban J connectivity index is 1.80. The largest absolute Gasteiger partial charge is 0.293 e. The van der Waals surface area contributed by atoms with Gasteiger partial charge in [-0.2, -0.15) is 5.10 Å². The van der Waals surface area contributed by atoms with Crippen molar-refractivity contribution in [2.45, 2.75) is 13.0 Å². The first-order chi connectivity index (χ1) is 12.5. The zero-order chi connectivity index (χ0) is 18.4. The van der Waals surface area contributed by atoms with Gasteiger partial charge in [0.1, 0.15) is 17.7 Å². The number of nitrogens with zero attached hydrogens (tertiary/aromatic N) is 3. The van der Waals surface area contributed by atoms with Gasteiger partial charge in [-0.05, 0) is 36.4 Å². The van der Waals surface area contributed by atoms with Crippen molar-refractivity contribution >= 4 is 46.3 Å². The number of para-hydroxylation sites is 1. The average molecular weight is 368 g/mol. The molecular formula is C19H14ClN3O3. The standard InChI is InChI=1S/C19H14ClN3O3/c1-11(24)16-15-17(23(21-16)14-9-7-12(20)8-10-14)19(26)22(18(15)25)13-5-3-2-4-6-13/h2-10,15,17H,1H3/t15-,17+/m1/s1. The van der Waals surface area contributed by atoms with Crippen molar-refractivity contribution in [3.05, 3.63) is 59.6 Å². The van der Waals surface area contributed by atoms with Gasteiger partial charge >= 0.3 is 0 Å². The summed E-state index contributed by atoms with van der Waals surface area (Å²) in [6, 6.07) is 14.6. The van der Waals surface area contributed by atoms with Gasteiger partial charge in [0.2, 0.25) is 5.91 Å². The molecule has 0 aromatic heterocycles. The van der Waals surface area contributed by atoms with Gasteiger partial charge in [-0.1, -0.05) is 29.8 Å². The highest BCUT2D eigenvalue weighted by Gasteiger charge is 2.58. The Labute approximate surface area is 154 Å². The van der Waals surface area contributed by atoms with Crippen LogP contribution in [0.2, 0.25) is 5.02 Å². The molecule has 7 heteroatoms. The topological polar surface area (TPSA) is 70.1 Å². The molecule has 0 saturated carbocycles. The maximum atomic E-state index is 13.1. The fourth-order valence-corrected chi connectivity index (χ4v) is 3.47. The van der Waals surface area contributed by atoms with Crippen LogP contribution >= 0.6 is 11.6 Å². The number of fused-ring (bicyclic) bond motifs is 1. The van der Waals surface area contributed by atoms with Gasteiger partial charge in [0.25, 0.3) is 5.91 Å². The molecule has 0 bridgehead atoms. The Morgan fingerprint density at radius 3 is 2.23 bits per heavy atom. The van der Waals surface area contributed by atoms with E-state index in [1.165, 1.54) is 11.9 Å². The molecule has 26 heavy (non-hydrogen) atoms. The quantitative estimate of drug-likeness (QED) is 0.782. The summed E-state index contributed by atoms with van der Waals surface area (Å²) in [5.74, 6) is -2.07. The number of hydrogen-bond donors (Lipinski definition) is 0. The number of halogens is 1. The highest BCUT2D eigenvalue weighted by atomic mass is 35.5. The summed E-state index contributed by atoms with van der Waals surface area (Å²) >= 11 is 5.93. The Bertz CT molecular complexity index is 940. The molecule has 2 amide bonds. The Hall–Kier alpha value is -2.99. The summed E-state index contributed by atoms with van der Waals surface area (Å²) in [5.41, 5.74) is 1.18. The van der Waals surface area contributed by atoms with Crippen molar-refractivity contribution in [3.8, 4) is 0 Å². The lowest BCUT2D eigenvalue weighted by atomic mass is 9.95. The van der Waals surface area contributed by atoms with Crippen molar-refractivity contribution in [2.24, 2.45) is 11.0 Å². The van der Waals surface area contributed by atoms with E-state index >= 15 is 0 Å². The predicted molar refractivity (Wildman–Crippen MR) is 98.3 cm³/mol. The molecule has 4 rings (SSSR count). The van der Waals surface area contributed by atoms with Gasteiger partial charge in [-0.3, -0.25) is 19.4 Å². The van der Waals surface area contributed by atoms with Crippen molar-refractivity contribution in [1.82, 2.24) is 0 Å². The number of carbonyl (C=O) groups is 3. The molecule has 2 atom stereocenters. The summed E-state index contributed by atoms with van der Waals surface area (Å²) in [7, 11) is 0. The highest BCUT2D eigenvalue weighted by molar-refractivity contribution is 6.48. The average Bonchev–Trinajstić information content (AvgIpc) is 3.14. The number of carbonyl (C=O) groups excluding carboxylic acids is 3. The van der Waals surface area contributed by atoms with E-state index in [4.69, 9.17) is 11.6 Å². The molecule has 1 fully saturated rings. The molecule has 0 spiro atoms. The third-order valence-electron chi connectivity index (χ3n) is 4.52. The SMILES string of the molecule is CC(=O)C1=NN(c2ccc(Cl)cc2)[C@@H]2C(=O)N(c3ccccc3)C(=O)[C@H]12. The first kappa shape index (κ1) is 16.5. The van der Waals surface area contributed by atoms with Crippen LogP contribution in [0.3, 0.4) is 0 Å². The lowest BCUT2D eigenvalue weighted by molar-refractivity contribution is -0.122. The second-order valence-electron chi connectivity index (χ2n) is 6.13. The number of rotatable bonds is 3. The summed E-state index contributed by atoms with van der Waals surface area (Å²) in [4.78, 5) is 39.2. The van der Waals surface area contributed by atoms with Crippen LogP contribution in [-0.2, 0) is 14.4 Å². The van der Waals surface area contributed by atoms with Crippen molar-refractivity contribution < 1.29 is 14.4 Å². The summed E-state index contributed by atoms with van der Waals surface area (Å²) in [6.45, 7) is 1.35. The number of Topliss-reactive ketones (excluding diaryl/α,β-unsaturated/α-hetero) is 1. The number of hydrazone groups is 1. The number of anilines is 2. The third kappa shape index (κ3) is 2.42. The monoisotopic (exact) mass is 367 g/mol. The predicted octanol–water partition coefficient (Wildman–Crippen LogP) is 2.66. The van der Waals surface area contributed by atoms with Crippen LogP contribution in [0.4, 0.5) is 11.4 Å². The van der Waals surface area contributed by atoms with Crippen LogP contribution in [0.5, 0.6) is 0 Å². The second kappa shape index (κ2) is 6.07. The van der Waals surface area contributed by atoms with Crippen molar-refractivity contribution in [2.75, 3.05) is 9.91 Å². The number of ketones is 1. The lowest BCUT2D eigenvalue weighted by Crippen LogP contribution is -2.39. The first-order valence-electron chi connectivity index (χ1n) is 8.06. The fraction of sp³-hybridized carbons (Fsp3) is 0.158. The summed E-state index contributed by atoms with van der Waals surface area (Å²) in [6.07, 6.45) is 0. The Kier molecular flexibility index (Phi) is 3.85. The minimum absolute atomic E-state index is 0.0988. The van der Waals surface area contributed by atoms with E-state index in [9.17, 15) is 14.4 Å². The van der Waals surface area contributed by atoms with Crippen LogP contribution < -0.4 is 9.91 Å². The summed E-state index contributed by atoms with van der Waals surface area (Å²) in [5, 5.41) is 6.28. The van der Waals surface area contributed by atoms with E-state index < -0.39 is 23.8 Å². The molecule has 0 N–H and O–H groups in total. The Morgan fingerprint density at radius 1 is 0.962 bits per heavy atom. The van der Waals surface area contributed by atoms with E-state index in [2.05, 4.69) is 5.10 Å². The van der Waals surface area contributed by atoms with Crippen molar-refractivity contribution in [1.29, 1.82) is 0 Å². The highest BCUT2D eigenvalue weighted by Crippen LogP contribution is 2.38. The molecule has 2 heterocycles. The maximum absolute atomic E-state index is 13.1. The fourth-order valence-electron chi connectivity index (χ4n) is 3.34. The minimum atomic E-state index is -0.907. The van der Waals surface area contributed by atoms with E-state index in [0.29, 0.717) is 16.4 Å². The first-order valence-corrected chi connectivity index (χ1v) is 8.44. The van der Waals surface area contributed by atoms with Crippen LogP contribution in [0.25, 0.3) is 0 Å². The summed E-state index contributed by atoms with van der Waals surface area (Å²) < 4.78 is 0. The molecule has 2 aliphatic heterocycles. The van der Waals surface area contributed by atoms with Gasteiger partial charge in [0, 0.05) is 11.9 Å². The van der Waals surface area contributed by atoms with Gasteiger partial charge in [-0.25, -0.2) is 4.90 Å². The van der Waals surface area contributed by atoms with Gasteiger partial charge in [0.05, 0.1) is 11.4 Å². The molecule has 6 nitrogen and oxygen atoms in total. The van der Waals surface area contributed by atoms with E-state index in [-0.39, 0.29) is 11.5 Å². The molecule has 130 valence electrons. The molecule has 2 aromatic carbocycles. The smallest absolute Gasteiger partial charge is 0.259 e. The van der Waals surface area contributed by atoms with E-state index in [1.807, 2.05) is 0 Å². The van der Waals surface area contributed by atoms with Gasteiger partial charge in [0.15, 0.2) is 5.78 Å².